The Morgan fingerprint density at radius 1 is 1.47 bits per heavy atom. The van der Waals surface area contributed by atoms with Crippen LogP contribution in [0.5, 0.6) is 0 Å². The predicted octanol–water partition coefficient (Wildman–Crippen LogP) is 1.08. The molecule has 1 aliphatic carbocycles. The van der Waals surface area contributed by atoms with E-state index >= 15 is 0 Å². The molecule has 0 spiro atoms. The third kappa shape index (κ3) is 1.45. The van der Waals surface area contributed by atoms with E-state index in [-0.39, 0.29) is 11.8 Å². The van der Waals surface area contributed by atoms with Crippen LogP contribution in [-0.2, 0) is 4.79 Å². The van der Waals surface area contributed by atoms with Crippen molar-refractivity contribution in [3.8, 4) is 0 Å². The summed E-state index contributed by atoms with van der Waals surface area (Å²) in [6.45, 7) is 0. The summed E-state index contributed by atoms with van der Waals surface area (Å²) in [5.74, 6) is 0.297. The standard InChI is InChI=1S/C10H10N4O/c15-10(7-3-4-7)13-8-6-12-14-9(8)2-1-5-11-14/h1-2,5-7H,3-4H2,(H,13,15). The fourth-order valence-electron chi connectivity index (χ4n) is 1.51. The number of hydrogen-bond acceptors (Lipinski definition) is 3. The topological polar surface area (TPSA) is 59.3 Å². The molecule has 1 amide bonds. The largest absolute Gasteiger partial charge is 0.323 e. The van der Waals surface area contributed by atoms with Gasteiger partial charge in [0.1, 0.15) is 5.52 Å². The highest BCUT2D eigenvalue weighted by atomic mass is 16.2. The Bertz CT molecular complexity index is 515. The highest BCUT2D eigenvalue weighted by molar-refractivity contribution is 5.97. The van der Waals surface area contributed by atoms with E-state index in [9.17, 15) is 4.79 Å². The summed E-state index contributed by atoms with van der Waals surface area (Å²) in [7, 11) is 0. The lowest BCUT2D eigenvalue weighted by Crippen LogP contribution is -2.12. The molecule has 0 saturated heterocycles. The van der Waals surface area contributed by atoms with Gasteiger partial charge in [-0.25, -0.2) is 0 Å². The highest BCUT2D eigenvalue weighted by Crippen LogP contribution is 2.30. The van der Waals surface area contributed by atoms with Gasteiger partial charge in [-0.15, -0.1) is 4.63 Å². The van der Waals surface area contributed by atoms with E-state index in [1.54, 1.807) is 12.4 Å². The first-order valence-corrected chi connectivity index (χ1v) is 4.94. The van der Waals surface area contributed by atoms with E-state index in [1.165, 1.54) is 4.63 Å². The van der Waals surface area contributed by atoms with Crippen LogP contribution in [0.2, 0.25) is 0 Å². The average Bonchev–Trinajstić information content (AvgIpc) is 3.03. The molecule has 3 rings (SSSR count). The normalized spacial score (nSPS) is 15.5. The molecule has 0 atom stereocenters. The molecule has 5 nitrogen and oxygen atoms in total. The van der Waals surface area contributed by atoms with Crippen LogP contribution in [0.3, 0.4) is 0 Å². The minimum Gasteiger partial charge on any atom is -0.323 e. The third-order valence-corrected chi connectivity index (χ3v) is 2.51. The van der Waals surface area contributed by atoms with Gasteiger partial charge >= 0.3 is 0 Å². The molecule has 0 radical (unpaired) electrons. The zero-order chi connectivity index (χ0) is 10.3. The van der Waals surface area contributed by atoms with Crippen molar-refractivity contribution in [2.45, 2.75) is 12.8 Å². The second kappa shape index (κ2) is 3.05. The Kier molecular flexibility index (Phi) is 1.71. The van der Waals surface area contributed by atoms with E-state index in [0.717, 1.165) is 24.0 Å². The molecular formula is C10H10N4O. The van der Waals surface area contributed by atoms with Crippen LogP contribution in [0.4, 0.5) is 5.69 Å². The number of nitrogens with zero attached hydrogens (tertiary/aromatic N) is 3. The maximum atomic E-state index is 11.5. The Balaban J connectivity index is 1.93. The van der Waals surface area contributed by atoms with Crippen molar-refractivity contribution in [1.29, 1.82) is 0 Å². The lowest BCUT2D eigenvalue weighted by molar-refractivity contribution is -0.117. The molecule has 76 valence electrons. The van der Waals surface area contributed by atoms with E-state index in [4.69, 9.17) is 0 Å². The molecule has 0 bridgehead atoms. The van der Waals surface area contributed by atoms with Crippen molar-refractivity contribution in [2.75, 3.05) is 5.32 Å². The summed E-state index contributed by atoms with van der Waals surface area (Å²) >= 11 is 0. The Labute approximate surface area is 86.1 Å². The van der Waals surface area contributed by atoms with Crippen LogP contribution in [0, 0.1) is 5.92 Å². The molecule has 15 heavy (non-hydrogen) atoms. The van der Waals surface area contributed by atoms with Crippen LogP contribution < -0.4 is 5.32 Å². The Morgan fingerprint density at radius 2 is 2.33 bits per heavy atom. The summed E-state index contributed by atoms with van der Waals surface area (Å²) < 4.78 is 1.50. The van der Waals surface area contributed by atoms with Gasteiger partial charge in [0.05, 0.1) is 11.9 Å². The van der Waals surface area contributed by atoms with Crippen molar-refractivity contribution >= 4 is 17.1 Å². The minimum absolute atomic E-state index is 0.0914. The van der Waals surface area contributed by atoms with Gasteiger partial charge in [0.2, 0.25) is 5.91 Å². The fraction of sp³-hybridized carbons (Fsp3) is 0.300. The van der Waals surface area contributed by atoms with Gasteiger partial charge in [-0.05, 0) is 25.0 Å². The minimum atomic E-state index is 0.0914. The number of fused-ring (bicyclic) bond motifs is 1. The summed E-state index contributed by atoms with van der Waals surface area (Å²) in [4.78, 5) is 11.5. The van der Waals surface area contributed by atoms with Gasteiger partial charge in [-0.1, -0.05) is 0 Å². The molecule has 0 aliphatic heterocycles. The predicted molar refractivity (Wildman–Crippen MR) is 54.3 cm³/mol. The Morgan fingerprint density at radius 3 is 3.13 bits per heavy atom. The first-order chi connectivity index (χ1) is 7.34. The van der Waals surface area contributed by atoms with Crippen molar-refractivity contribution < 1.29 is 4.79 Å². The van der Waals surface area contributed by atoms with Gasteiger partial charge in [0, 0.05) is 12.1 Å². The molecule has 2 heterocycles. The number of rotatable bonds is 2. The Hall–Kier alpha value is -1.91. The van der Waals surface area contributed by atoms with Crippen molar-refractivity contribution in [3.05, 3.63) is 24.5 Å². The quantitative estimate of drug-likeness (QED) is 0.792. The van der Waals surface area contributed by atoms with E-state index in [0.29, 0.717) is 0 Å². The second-order valence-corrected chi connectivity index (χ2v) is 3.72. The number of carbonyl (C=O) groups is 1. The summed E-state index contributed by atoms with van der Waals surface area (Å²) in [5.41, 5.74) is 1.56. The van der Waals surface area contributed by atoms with E-state index in [1.807, 2.05) is 12.1 Å². The summed E-state index contributed by atoms with van der Waals surface area (Å²) in [6, 6.07) is 3.70. The van der Waals surface area contributed by atoms with Crippen molar-refractivity contribution in [3.63, 3.8) is 0 Å². The first-order valence-electron chi connectivity index (χ1n) is 4.94. The SMILES string of the molecule is O=C(Nc1cnn2ncccc12)C1CC1. The summed E-state index contributed by atoms with van der Waals surface area (Å²) in [5, 5.41) is 10.9. The van der Waals surface area contributed by atoms with Gasteiger partial charge in [0.25, 0.3) is 0 Å². The maximum absolute atomic E-state index is 11.5. The zero-order valence-electron chi connectivity index (χ0n) is 8.05. The van der Waals surface area contributed by atoms with Crippen LogP contribution in [-0.4, -0.2) is 20.7 Å². The maximum Gasteiger partial charge on any atom is 0.227 e. The van der Waals surface area contributed by atoms with Gasteiger partial charge in [-0.2, -0.15) is 10.2 Å². The van der Waals surface area contributed by atoms with Gasteiger partial charge in [0.15, 0.2) is 0 Å². The molecule has 0 aromatic carbocycles. The number of amides is 1. The third-order valence-electron chi connectivity index (χ3n) is 2.51. The average molecular weight is 202 g/mol. The van der Waals surface area contributed by atoms with Crippen LogP contribution in [0.25, 0.3) is 5.52 Å². The lowest BCUT2D eigenvalue weighted by Gasteiger charge is -2.00. The molecule has 1 saturated carbocycles. The molecular weight excluding hydrogens is 192 g/mol. The molecule has 5 heteroatoms. The lowest BCUT2D eigenvalue weighted by atomic mass is 10.3. The zero-order valence-corrected chi connectivity index (χ0v) is 8.05. The first kappa shape index (κ1) is 8.40. The number of aromatic nitrogens is 3. The van der Waals surface area contributed by atoms with Crippen LogP contribution in [0.1, 0.15) is 12.8 Å². The molecule has 0 unspecified atom stereocenters. The van der Waals surface area contributed by atoms with Crippen molar-refractivity contribution in [2.24, 2.45) is 5.92 Å². The molecule has 1 N–H and O–H groups in total. The van der Waals surface area contributed by atoms with Crippen LogP contribution >= 0.6 is 0 Å². The fourth-order valence-corrected chi connectivity index (χ4v) is 1.51. The highest BCUT2D eigenvalue weighted by Gasteiger charge is 2.30. The second-order valence-electron chi connectivity index (χ2n) is 3.72. The number of hydrogen-bond donors (Lipinski definition) is 1. The van der Waals surface area contributed by atoms with Gasteiger partial charge in [-0.3, -0.25) is 4.79 Å². The molecule has 1 fully saturated rings. The molecule has 2 aromatic rings. The van der Waals surface area contributed by atoms with Gasteiger partial charge < -0.3 is 5.32 Å². The molecule has 1 aliphatic rings. The number of anilines is 1. The number of nitrogens with one attached hydrogen (secondary N) is 1. The van der Waals surface area contributed by atoms with E-state index in [2.05, 4.69) is 15.5 Å². The van der Waals surface area contributed by atoms with Crippen molar-refractivity contribution in [1.82, 2.24) is 14.8 Å². The summed E-state index contributed by atoms with van der Waals surface area (Å²) in [6.07, 6.45) is 5.29. The monoisotopic (exact) mass is 202 g/mol. The number of carbonyl (C=O) groups excluding carboxylic acids is 1. The van der Waals surface area contributed by atoms with Crippen LogP contribution in [0.15, 0.2) is 24.5 Å². The van der Waals surface area contributed by atoms with E-state index < -0.39 is 0 Å². The molecule has 2 aromatic heterocycles. The smallest absolute Gasteiger partial charge is 0.227 e.